The minimum atomic E-state index is -1.08. The number of quaternary nitrogens is 1. The zero-order chi connectivity index (χ0) is 27.2. The summed E-state index contributed by atoms with van der Waals surface area (Å²) in [5.74, 6) is -1.08. The Morgan fingerprint density at radius 1 is 0.500 bits per heavy atom. The molecule has 0 saturated carbocycles. The van der Waals surface area contributed by atoms with Gasteiger partial charge in [0.05, 0.1) is 26.2 Å². The summed E-state index contributed by atoms with van der Waals surface area (Å²) in [6, 6.07) is 0. The van der Waals surface area contributed by atoms with E-state index in [1.165, 1.54) is 96.4 Å². The molecular formula is C30H63NO5. The normalized spacial score (nSPS) is 11.4. The number of carboxylic acid groups (broad SMARTS) is 1. The number of carbonyl (C=O) groups is 1. The number of aliphatic hydroxyl groups excluding tert-OH is 3. The molecule has 3 N–H and O–H groups in total. The number of carbonyl (C=O) groups excluding carboxylic acids is 1. The van der Waals surface area contributed by atoms with Crippen LogP contribution in [0, 0.1) is 0 Å². The Hall–Kier alpha value is -0.690. The maximum atomic E-state index is 9.23. The average Bonchev–Trinajstić information content (AvgIpc) is 2.84. The van der Waals surface area contributed by atoms with E-state index in [4.69, 9.17) is 9.90 Å². The Labute approximate surface area is 224 Å². The molecule has 6 nitrogen and oxygen atoms in total. The lowest BCUT2D eigenvalue weighted by Crippen LogP contribution is -2.51. The van der Waals surface area contributed by atoms with Gasteiger partial charge in [-0.1, -0.05) is 84.0 Å². The lowest BCUT2D eigenvalue weighted by Gasteiger charge is -2.39. The summed E-state index contributed by atoms with van der Waals surface area (Å²) in [6.45, 7) is 8.74. The molecule has 6 heteroatoms. The molecule has 36 heavy (non-hydrogen) atoms. The van der Waals surface area contributed by atoms with E-state index < -0.39 is 5.97 Å². The molecule has 0 radical (unpaired) electrons. The highest BCUT2D eigenvalue weighted by Crippen LogP contribution is 2.18. The van der Waals surface area contributed by atoms with Crippen molar-refractivity contribution in [3.8, 4) is 0 Å². The van der Waals surface area contributed by atoms with Gasteiger partial charge in [-0.25, -0.2) is 0 Å². The predicted molar refractivity (Wildman–Crippen MR) is 150 cm³/mol. The van der Waals surface area contributed by atoms with E-state index in [0.29, 0.717) is 0 Å². The van der Waals surface area contributed by atoms with Gasteiger partial charge in [0.1, 0.15) is 0 Å². The van der Waals surface area contributed by atoms with Gasteiger partial charge in [-0.2, -0.15) is 0 Å². The SMILES string of the molecule is CC(=O)[O-].CCCCCCCCCCCCCCCC[N+](CCCCO)(CCCCO)CCCCO. The second kappa shape index (κ2) is 30.5. The second-order valence-corrected chi connectivity index (χ2v) is 10.6. The van der Waals surface area contributed by atoms with Crippen LogP contribution in [0.1, 0.15) is 142 Å². The van der Waals surface area contributed by atoms with Gasteiger partial charge in [-0.15, -0.1) is 0 Å². The first-order valence-corrected chi connectivity index (χ1v) is 15.3. The minimum absolute atomic E-state index is 0.284. The number of aliphatic carboxylic acids is 1. The van der Waals surface area contributed by atoms with Crippen molar-refractivity contribution in [2.45, 2.75) is 142 Å². The molecular weight excluding hydrogens is 454 g/mol. The van der Waals surface area contributed by atoms with Crippen LogP contribution in [-0.2, 0) is 4.79 Å². The molecule has 218 valence electrons. The highest BCUT2D eigenvalue weighted by molar-refractivity contribution is 5.60. The first kappa shape index (κ1) is 37.5. The molecule has 0 amide bonds. The number of carboxylic acids is 1. The van der Waals surface area contributed by atoms with Crippen LogP contribution in [0.5, 0.6) is 0 Å². The summed E-state index contributed by atoms with van der Waals surface area (Å²) in [5.41, 5.74) is 0. The Kier molecular flexibility index (Phi) is 31.8. The van der Waals surface area contributed by atoms with E-state index in [-0.39, 0.29) is 19.8 Å². The third-order valence-electron chi connectivity index (χ3n) is 7.11. The van der Waals surface area contributed by atoms with Gasteiger partial charge >= 0.3 is 0 Å². The molecule has 0 aliphatic heterocycles. The lowest BCUT2D eigenvalue weighted by atomic mass is 10.0. The average molecular weight is 518 g/mol. The Balaban J connectivity index is 0. The van der Waals surface area contributed by atoms with Crippen LogP contribution in [0.25, 0.3) is 0 Å². The molecule has 0 unspecified atom stereocenters. The van der Waals surface area contributed by atoms with E-state index in [9.17, 15) is 15.3 Å². The summed E-state index contributed by atoms with van der Waals surface area (Å²) >= 11 is 0. The van der Waals surface area contributed by atoms with E-state index >= 15 is 0 Å². The molecule has 0 aromatic rings. The quantitative estimate of drug-likeness (QED) is 0.101. The molecule has 0 fully saturated rings. The summed E-state index contributed by atoms with van der Waals surface area (Å²) in [6.07, 6.45) is 25.4. The minimum Gasteiger partial charge on any atom is -0.550 e. The van der Waals surface area contributed by atoms with Crippen molar-refractivity contribution >= 4 is 5.97 Å². The van der Waals surface area contributed by atoms with Gasteiger partial charge in [0, 0.05) is 25.8 Å². The third-order valence-corrected chi connectivity index (χ3v) is 7.11. The fourth-order valence-electron chi connectivity index (χ4n) is 4.99. The molecule has 0 spiro atoms. The molecule has 0 aromatic heterocycles. The molecule has 0 rings (SSSR count). The Morgan fingerprint density at radius 3 is 0.972 bits per heavy atom. The second-order valence-electron chi connectivity index (χ2n) is 10.6. The number of hydrogen-bond donors (Lipinski definition) is 3. The predicted octanol–water partition coefficient (Wildman–Crippen LogP) is 5.36. The van der Waals surface area contributed by atoms with Gasteiger partial charge in [0.25, 0.3) is 0 Å². The molecule has 0 atom stereocenters. The largest absolute Gasteiger partial charge is 0.550 e. The van der Waals surface area contributed by atoms with Crippen molar-refractivity contribution in [3.63, 3.8) is 0 Å². The van der Waals surface area contributed by atoms with Crippen molar-refractivity contribution in [3.05, 3.63) is 0 Å². The topological polar surface area (TPSA) is 101 Å². The van der Waals surface area contributed by atoms with Crippen LogP contribution in [-0.4, -0.2) is 71.8 Å². The number of aliphatic hydroxyl groups is 3. The number of rotatable bonds is 27. The van der Waals surface area contributed by atoms with Gasteiger partial charge in [0.2, 0.25) is 0 Å². The fraction of sp³-hybridized carbons (Fsp3) is 0.967. The van der Waals surface area contributed by atoms with Crippen LogP contribution < -0.4 is 5.11 Å². The summed E-state index contributed by atoms with van der Waals surface area (Å²) in [4.78, 5) is 8.89. The van der Waals surface area contributed by atoms with Crippen molar-refractivity contribution in [1.29, 1.82) is 0 Å². The fourth-order valence-corrected chi connectivity index (χ4v) is 4.99. The van der Waals surface area contributed by atoms with Crippen LogP contribution in [0.4, 0.5) is 0 Å². The van der Waals surface area contributed by atoms with Crippen LogP contribution in [0.3, 0.4) is 0 Å². The molecule has 0 bridgehead atoms. The van der Waals surface area contributed by atoms with E-state index in [2.05, 4.69) is 6.92 Å². The van der Waals surface area contributed by atoms with E-state index in [0.717, 1.165) is 69.6 Å². The molecule has 0 aliphatic rings. The monoisotopic (exact) mass is 517 g/mol. The first-order valence-electron chi connectivity index (χ1n) is 15.3. The molecule has 0 aliphatic carbocycles. The molecule has 0 heterocycles. The highest BCUT2D eigenvalue weighted by Gasteiger charge is 2.25. The molecule has 0 aromatic carbocycles. The van der Waals surface area contributed by atoms with E-state index in [1.807, 2.05) is 0 Å². The summed E-state index contributed by atoms with van der Waals surface area (Å²) < 4.78 is 1.12. The Morgan fingerprint density at radius 2 is 0.722 bits per heavy atom. The van der Waals surface area contributed by atoms with Crippen molar-refractivity contribution in [2.24, 2.45) is 0 Å². The maximum Gasteiger partial charge on any atom is 0.0787 e. The smallest absolute Gasteiger partial charge is 0.0787 e. The van der Waals surface area contributed by atoms with Crippen LogP contribution in [0.2, 0.25) is 0 Å². The van der Waals surface area contributed by atoms with Crippen LogP contribution in [0.15, 0.2) is 0 Å². The van der Waals surface area contributed by atoms with Gasteiger partial charge in [-0.3, -0.25) is 0 Å². The van der Waals surface area contributed by atoms with Gasteiger partial charge in [-0.05, 0) is 58.3 Å². The first-order chi connectivity index (χ1) is 17.5. The third kappa shape index (κ3) is 29.5. The Bertz CT molecular complexity index is 403. The number of unbranched alkanes of at least 4 members (excludes halogenated alkanes) is 16. The van der Waals surface area contributed by atoms with Crippen molar-refractivity contribution in [2.75, 3.05) is 46.0 Å². The molecule has 0 saturated heterocycles. The summed E-state index contributed by atoms with van der Waals surface area (Å²) in [5, 5.41) is 36.6. The van der Waals surface area contributed by atoms with Crippen molar-refractivity contribution in [1.82, 2.24) is 0 Å². The highest BCUT2D eigenvalue weighted by atomic mass is 16.4. The summed E-state index contributed by atoms with van der Waals surface area (Å²) in [7, 11) is 0. The van der Waals surface area contributed by atoms with E-state index in [1.54, 1.807) is 0 Å². The zero-order valence-corrected chi connectivity index (χ0v) is 24.2. The number of hydrogen-bond acceptors (Lipinski definition) is 5. The zero-order valence-electron chi connectivity index (χ0n) is 24.2. The standard InChI is InChI=1S/C28H60NO3.C2H4O2/c1-2-3-4-5-6-7-8-9-10-11-12-13-14-15-22-29(23-16-19-26-30,24-17-20-27-31)25-18-21-28-32;1-2(3)4/h30-32H,2-28H2,1H3;1H3,(H,3,4)/q+1;/p-1. The number of nitrogens with zero attached hydrogens (tertiary/aromatic N) is 1. The maximum absolute atomic E-state index is 9.23. The van der Waals surface area contributed by atoms with Gasteiger partial charge in [0.15, 0.2) is 0 Å². The van der Waals surface area contributed by atoms with Crippen LogP contribution >= 0.6 is 0 Å². The van der Waals surface area contributed by atoms with Crippen molar-refractivity contribution < 1.29 is 29.7 Å². The lowest BCUT2D eigenvalue weighted by molar-refractivity contribution is -0.929. The van der Waals surface area contributed by atoms with Gasteiger partial charge < -0.3 is 29.7 Å².